The Balaban J connectivity index is 2.07. The summed E-state index contributed by atoms with van der Waals surface area (Å²) in [6.45, 7) is 3.78. The Bertz CT molecular complexity index is 622. The molecule has 20 heavy (non-hydrogen) atoms. The van der Waals surface area contributed by atoms with Crippen molar-refractivity contribution in [3.63, 3.8) is 0 Å². The summed E-state index contributed by atoms with van der Waals surface area (Å²) in [6, 6.07) is 11.6. The van der Waals surface area contributed by atoms with E-state index in [-0.39, 0.29) is 5.82 Å². The highest BCUT2D eigenvalue weighted by atomic mass is 19.1. The zero-order valence-electron chi connectivity index (χ0n) is 11.4. The lowest BCUT2D eigenvalue weighted by atomic mass is 10.1. The molecule has 102 valence electrons. The summed E-state index contributed by atoms with van der Waals surface area (Å²) >= 11 is 0. The lowest BCUT2D eigenvalue weighted by molar-refractivity contribution is -0.129. The SMILES string of the molecule is Cc1cccc(C)c1OC(=O)/C=C/c1ccc(F)cc1. The Morgan fingerprint density at radius 3 is 2.25 bits per heavy atom. The second-order valence-corrected chi connectivity index (χ2v) is 4.53. The zero-order valence-corrected chi connectivity index (χ0v) is 11.4. The van der Waals surface area contributed by atoms with E-state index < -0.39 is 5.97 Å². The predicted molar refractivity (Wildman–Crippen MR) is 77.0 cm³/mol. The van der Waals surface area contributed by atoms with Gasteiger partial charge in [0.2, 0.25) is 0 Å². The van der Waals surface area contributed by atoms with E-state index in [9.17, 15) is 9.18 Å². The van der Waals surface area contributed by atoms with Gasteiger partial charge in [-0.25, -0.2) is 9.18 Å². The number of rotatable bonds is 3. The Labute approximate surface area is 117 Å². The number of benzene rings is 2. The van der Waals surface area contributed by atoms with Gasteiger partial charge in [-0.1, -0.05) is 30.3 Å². The third kappa shape index (κ3) is 3.54. The van der Waals surface area contributed by atoms with Crippen LogP contribution in [0, 0.1) is 19.7 Å². The van der Waals surface area contributed by atoms with Gasteiger partial charge in [-0.05, 0) is 48.7 Å². The topological polar surface area (TPSA) is 26.3 Å². The van der Waals surface area contributed by atoms with Crippen molar-refractivity contribution in [3.8, 4) is 5.75 Å². The number of carbonyl (C=O) groups is 1. The van der Waals surface area contributed by atoms with Gasteiger partial charge >= 0.3 is 5.97 Å². The molecule has 0 atom stereocenters. The number of hydrogen-bond acceptors (Lipinski definition) is 2. The lowest BCUT2D eigenvalue weighted by Gasteiger charge is -2.08. The molecular weight excluding hydrogens is 255 g/mol. The van der Waals surface area contributed by atoms with E-state index in [0.29, 0.717) is 5.75 Å². The molecule has 0 radical (unpaired) electrons. The van der Waals surface area contributed by atoms with Crippen LogP contribution in [0.5, 0.6) is 5.75 Å². The van der Waals surface area contributed by atoms with Gasteiger partial charge in [0, 0.05) is 6.08 Å². The molecular formula is C17H15FO2. The largest absolute Gasteiger partial charge is 0.423 e. The summed E-state index contributed by atoms with van der Waals surface area (Å²) in [7, 11) is 0. The Morgan fingerprint density at radius 2 is 1.65 bits per heavy atom. The van der Waals surface area contributed by atoms with Crippen LogP contribution >= 0.6 is 0 Å². The van der Waals surface area contributed by atoms with Crippen molar-refractivity contribution >= 4 is 12.0 Å². The van der Waals surface area contributed by atoms with Crippen LogP contribution in [0.2, 0.25) is 0 Å². The van der Waals surface area contributed by atoms with Crippen molar-refractivity contribution in [2.24, 2.45) is 0 Å². The standard InChI is InChI=1S/C17H15FO2/c1-12-4-3-5-13(2)17(12)20-16(19)11-8-14-6-9-15(18)10-7-14/h3-11H,1-2H3/b11-8+. The summed E-state index contributed by atoms with van der Waals surface area (Å²) < 4.78 is 18.1. The molecule has 0 aromatic heterocycles. The zero-order chi connectivity index (χ0) is 14.5. The van der Waals surface area contributed by atoms with E-state index in [1.54, 1.807) is 18.2 Å². The molecule has 0 saturated carbocycles. The second-order valence-electron chi connectivity index (χ2n) is 4.53. The van der Waals surface area contributed by atoms with Gasteiger partial charge < -0.3 is 4.74 Å². The molecule has 0 fully saturated rings. The molecule has 0 heterocycles. The molecule has 0 aliphatic rings. The molecule has 2 aromatic carbocycles. The van der Waals surface area contributed by atoms with Crippen molar-refractivity contribution in [2.45, 2.75) is 13.8 Å². The van der Waals surface area contributed by atoms with Crippen molar-refractivity contribution < 1.29 is 13.9 Å². The van der Waals surface area contributed by atoms with Gasteiger partial charge in [0.15, 0.2) is 0 Å². The van der Waals surface area contributed by atoms with Crippen LogP contribution in [0.1, 0.15) is 16.7 Å². The molecule has 0 aliphatic carbocycles. The van der Waals surface area contributed by atoms with E-state index in [1.807, 2.05) is 32.0 Å². The van der Waals surface area contributed by atoms with Gasteiger partial charge in [0.25, 0.3) is 0 Å². The average molecular weight is 270 g/mol. The van der Waals surface area contributed by atoms with Gasteiger partial charge in [-0.2, -0.15) is 0 Å². The third-order valence-electron chi connectivity index (χ3n) is 2.89. The average Bonchev–Trinajstić information content (AvgIpc) is 2.42. The molecule has 0 amide bonds. The van der Waals surface area contributed by atoms with E-state index in [2.05, 4.69) is 0 Å². The number of halogens is 1. The first-order valence-corrected chi connectivity index (χ1v) is 6.28. The Hall–Kier alpha value is -2.42. The fraction of sp³-hybridized carbons (Fsp3) is 0.118. The fourth-order valence-electron chi connectivity index (χ4n) is 1.83. The number of para-hydroxylation sites is 1. The highest BCUT2D eigenvalue weighted by Crippen LogP contribution is 2.22. The third-order valence-corrected chi connectivity index (χ3v) is 2.89. The van der Waals surface area contributed by atoms with Crippen molar-refractivity contribution in [1.82, 2.24) is 0 Å². The predicted octanol–water partition coefficient (Wildman–Crippen LogP) is 4.06. The van der Waals surface area contributed by atoms with Crippen molar-refractivity contribution in [3.05, 3.63) is 71.0 Å². The maximum atomic E-state index is 12.7. The van der Waals surface area contributed by atoms with Crippen LogP contribution < -0.4 is 4.74 Å². The molecule has 0 unspecified atom stereocenters. The summed E-state index contributed by atoms with van der Waals surface area (Å²) in [6.07, 6.45) is 2.93. The minimum Gasteiger partial charge on any atom is -0.423 e. The van der Waals surface area contributed by atoms with E-state index in [1.165, 1.54) is 18.2 Å². The Morgan fingerprint density at radius 1 is 1.05 bits per heavy atom. The first kappa shape index (κ1) is 14.0. The first-order valence-electron chi connectivity index (χ1n) is 6.28. The number of carbonyl (C=O) groups excluding carboxylic acids is 1. The van der Waals surface area contributed by atoms with E-state index in [0.717, 1.165) is 16.7 Å². The summed E-state index contributed by atoms with van der Waals surface area (Å²) in [4.78, 5) is 11.8. The molecule has 2 nitrogen and oxygen atoms in total. The molecule has 0 saturated heterocycles. The van der Waals surface area contributed by atoms with Gasteiger partial charge in [0.1, 0.15) is 11.6 Å². The van der Waals surface area contributed by atoms with Gasteiger partial charge in [-0.15, -0.1) is 0 Å². The highest BCUT2D eigenvalue weighted by Gasteiger charge is 2.06. The molecule has 2 aromatic rings. The van der Waals surface area contributed by atoms with Crippen LogP contribution in [-0.2, 0) is 4.79 Å². The van der Waals surface area contributed by atoms with Crippen LogP contribution in [0.3, 0.4) is 0 Å². The molecule has 0 N–H and O–H groups in total. The van der Waals surface area contributed by atoms with E-state index >= 15 is 0 Å². The normalized spacial score (nSPS) is 10.8. The number of ether oxygens (including phenoxy) is 1. The minimum atomic E-state index is -0.452. The summed E-state index contributed by atoms with van der Waals surface area (Å²) in [5, 5.41) is 0. The minimum absolute atomic E-state index is 0.305. The fourth-order valence-corrected chi connectivity index (χ4v) is 1.83. The maximum Gasteiger partial charge on any atom is 0.336 e. The molecule has 0 bridgehead atoms. The van der Waals surface area contributed by atoms with Gasteiger partial charge in [-0.3, -0.25) is 0 Å². The summed E-state index contributed by atoms with van der Waals surface area (Å²) in [5.41, 5.74) is 2.56. The summed E-state index contributed by atoms with van der Waals surface area (Å²) in [5.74, 6) is -0.173. The maximum absolute atomic E-state index is 12.7. The molecule has 0 spiro atoms. The van der Waals surface area contributed by atoms with Crippen LogP contribution in [0.15, 0.2) is 48.5 Å². The molecule has 2 rings (SSSR count). The number of esters is 1. The molecule has 0 aliphatic heterocycles. The van der Waals surface area contributed by atoms with Gasteiger partial charge in [0.05, 0.1) is 0 Å². The van der Waals surface area contributed by atoms with Crippen molar-refractivity contribution in [1.29, 1.82) is 0 Å². The number of aryl methyl sites for hydroxylation is 2. The Kier molecular flexibility index (Phi) is 4.31. The highest BCUT2D eigenvalue weighted by molar-refractivity contribution is 5.89. The van der Waals surface area contributed by atoms with Crippen molar-refractivity contribution in [2.75, 3.05) is 0 Å². The first-order chi connectivity index (χ1) is 9.56. The quantitative estimate of drug-likeness (QED) is 0.477. The molecule has 3 heteroatoms. The van der Waals surface area contributed by atoms with Crippen LogP contribution in [-0.4, -0.2) is 5.97 Å². The second kappa shape index (κ2) is 6.15. The van der Waals surface area contributed by atoms with Crippen LogP contribution in [0.25, 0.3) is 6.08 Å². The van der Waals surface area contributed by atoms with E-state index in [4.69, 9.17) is 4.74 Å². The monoisotopic (exact) mass is 270 g/mol. The lowest BCUT2D eigenvalue weighted by Crippen LogP contribution is -2.06. The number of hydrogen-bond donors (Lipinski definition) is 0. The smallest absolute Gasteiger partial charge is 0.336 e. The van der Waals surface area contributed by atoms with Crippen LogP contribution in [0.4, 0.5) is 4.39 Å².